The molecule has 20 heavy (non-hydrogen) atoms. The van der Waals surface area contributed by atoms with Crippen molar-refractivity contribution in [3.63, 3.8) is 0 Å². The molecule has 1 aromatic carbocycles. The van der Waals surface area contributed by atoms with Gasteiger partial charge in [-0.3, -0.25) is 4.79 Å². The first-order valence-corrected chi connectivity index (χ1v) is 7.31. The third-order valence-electron chi connectivity index (χ3n) is 2.97. The molecule has 0 atom stereocenters. The van der Waals surface area contributed by atoms with Crippen LogP contribution in [0.2, 0.25) is 0 Å². The molecule has 4 nitrogen and oxygen atoms in total. The Balaban J connectivity index is 2.12. The number of hydrogen-bond acceptors (Lipinski definition) is 3. The Kier molecular flexibility index (Phi) is 4.84. The van der Waals surface area contributed by atoms with Gasteiger partial charge in [-0.25, -0.2) is 0 Å². The second-order valence-corrected chi connectivity index (χ2v) is 5.49. The number of nitrogens with one attached hydrogen (secondary N) is 1. The van der Waals surface area contributed by atoms with Crippen LogP contribution in [0.1, 0.15) is 18.9 Å². The lowest BCUT2D eigenvalue weighted by Gasteiger charge is -2.11. The van der Waals surface area contributed by atoms with Crippen molar-refractivity contribution in [2.75, 3.05) is 5.32 Å². The van der Waals surface area contributed by atoms with Gasteiger partial charge in [0.05, 0.1) is 5.69 Å². The van der Waals surface area contributed by atoms with Crippen molar-refractivity contribution >= 4 is 21.6 Å². The molecule has 0 fully saturated rings. The van der Waals surface area contributed by atoms with Crippen LogP contribution in [0.4, 0.5) is 5.69 Å². The van der Waals surface area contributed by atoms with Gasteiger partial charge in [-0.05, 0) is 30.7 Å². The summed E-state index contributed by atoms with van der Waals surface area (Å²) >= 11 is 3.38. The Bertz CT molecular complexity index is 653. The molecule has 2 rings (SSSR count). The first-order valence-electron chi connectivity index (χ1n) is 6.52. The Morgan fingerprint density at radius 2 is 2.10 bits per heavy atom. The molecule has 0 radical (unpaired) electrons. The second-order valence-electron chi connectivity index (χ2n) is 4.58. The molecule has 106 valence electrons. The zero-order valence-electron chi connectivity index (χ0n) is 11.3. The molecule has 0 aliphatic carbocycles. The number of aromatic hydroxyl groups is 1. The average Bonchev–Trinajstić information content (AvgIpc) is 2.43. The summed E-state index contributed by atoms with van der Waals surface area (Å²) in [5.74, 6) is 0.252. The predicted molar refractivity (Wildman–Crippen MR) is 84.1 cm³/mol. The molecule has 0 saturated heterocycles. The van der Waals surface area contributed by atoms with Crippen LogP contribution in [-0.4, -0.2) is 9.67 Å². The maximum Gasteiger partial charge on any atom is 0.250 e. The molecule has 2 aromatic rings. The Hall–Kier alpha value is -1.75. The fourth-order valence-corrected chi connectivity index (χ4v) is 2.35. The summed E-state index contributed by atoms with van der Waals surface area (Å²) in [6.07, 6.45) is 2.72. The van der Waals surface area contributed by atoms with E-state index in [1.165, 1.54) is 0 Å². The van der Waals surface area contributed by atoms with Crippen molar-refractivity contribution in [2.45, 2.75) is 26.4 Å². The minimum Gasteiger partial charge on any atom is -0.508 e. The normalized spacial score (nSPS) is 10.5. The van der Waals surface area contributed by atoms with Gasteiger partial charge in [0, 0.05) is 35.4 Å². The van der Waals surface area contributed by atoms with Gasteiger partial charge in [-0.2, -0.15) is 0 Å². The van der Waals surface area contributed by atoms with Crippen molar-refractivity contribution in [1.82, 2.24) is 4.57 Å². The highest BCUT2D eigenvalue weighted by atomic mass is 79.9. The van der Waals surface area contributed by atoms with Gasteiger partial charge >= 0.3 is 0 Å². The highest BCUT2D eigenvalue weighted by molar-refractivity contribution is 9.10. The third kappa shape index (κ3) is 3.63. The average molecular weight is 337 g/mol. The van der Waals surface area contributed by atoms with Crippen molar-refractivity contribution in [1.29, 1.82) is 0 Å². The molecule has 0 unspecified atom stereocenters. The number of hydrogen-bond donors (Lipinski definition) is 2. The highest BCUT2D eigenvalue weighted by Crippen LogP contribution is 2.22. The molecule has 0 spiro atoms. The van der Waals surface area contributed by atoms with Crippen LogP contribution in [0.5, 0.6) is 5.75 Å². The summed E-state index contributed by atoms with van der Waals surface area (Å²) in [5, 5.41) is 13.0. The molecular formula is C15H17BrN2O2. The van der Waals surface area contributed by atoms with E-state index in [4.69, 9.17) is 0 Å². The van der Waals surface area contributed by atoms with Crippen LogP contribution in [-0.2, 0) is 13.1 Å². The van der Waals surface area contributed by atoms with Gasteiger partial charge in [0.1, 0.15) is 5.75 Å². The number of aryl methyl sites for hydroxylation is 1. The van der Waals surface area contributed by atoms with Gasteiger partial charge < -0.3 is 15.0 Å². The molecule has 0 aliphatic heterocycles. The van der Waals surface area contributed by atoms with Gasteiger partial charge in [-0.15, -0.1) is 0 Å². The van der Waals surface area contributed by atoms with E-state index in [1.807, 2.05) is 13.0 Å². The van der Waals surface area contributed by atoms with E-state index in [2.05, 4.69) is 21.2 Å². The van der Waals surface area contributed by atoms with E-state index >= 15 is 0 Å². The topological polar surface area (TPSA) is 54.3 Å². The molecule has 2 N–H and O–H groups in total. The van der Waals surface area contributed by atoms with Gasteiger partial charge in [0.2, 0.25) is 0 Å². The molecule has 1 heterocycles. The zero-order chi connectivity index (χ0) is 14.5. The summed E-state index contributed by atoms with van der Waals surface area (Å²) < 4.78 is 2.60. The van der Waals surface area contributed by atoms with E-state index < -0.39 is 0 Å². The molecule has 0 bridgehead atoms. The lowest BCUT2D eigenvalue weighted by molar-refractivity contribution is 0.469. The van der Waals surface area contributed by atoms with Crippen molar-refractivity contribution in [3.8, 4) is 5.75 Å². The maximum atomic E-state index is 11.6. The van der Waals surface area contributed by atoms with Crippen LogP contribution < -0.4 is 10.9 Å². The van der Waals surface area contributed by atoms with E-state index in [1.54, 1.807) is 35.0 Å². The van der Waals surface area contributed by atoms with Crippen LogP contribution in [0, 0.1) is 0 Å². The van der Waals surface area contributed by atoms with Crippen LogP contribution in [0.15, 0.2) is 45.8 Å². The first-order chi connectivity index (χ1) is 9.60. The minimum absolute atomic E-state index is 0.00250. The van der Waals surface area contributed by atoms with Crippen molar-refractivity contribution < 1.29 is 5.11 Å². The number of nitrogens with zero attached hydrogens (tertiary/aromatic N) is 1. The summed E-state index contributed by atoms with van der Waals surface area (Å²) in [7, 11) is 0. The number of benzene rings is 1. The van der Waals surface area contributed by atoms with E-state index in [0.717, 1.165) is 22.1 Å². The summed E-state index contributed by atoms with van der Waals surface area (Å²) in [4.78, 5) is 11.6. The standard InChI is InChI=1S/C15H17BrN2O2/c1-2-7-18-10-13(4-6-15(18)20)17-9-11-8-12(16)3-5-14(11)19/h3-6,8,10,17,19H,2,7,9H2,1H3. The summed E-state index contributed by atoms with van der Waals surface area (Å²) in [6.45, 7) is 3.23. The third-order valence-corrected chi connectivity index (χ3v) is 3.47. The van der Waals surface area contributed by atoms with Gasteiger partial charge in [0.25, 0.3) is 5.56 Å². The minimum atomic E-state index is 0.00250. The summed E-state index contributed by atoms with van der Waals surface area (Å²) in [5.41, 5.74) is 1.66. The maximum absolute atomic E-state index is 11.6. The molecule has 0 aliphatic rings. The zero-order valence-corrected chi connectivity index (χ0v) is 12.9. The first kappa shape index (κ1) is 14.7. The molecule has 0 saturated carbocycles. The van der Waals surface area contributed by atoms with Crippen LogP contribution in [0.25, 0.3) is 0 Å². The lowest BCUT2D eigenvalue weighted by Crippen LogP contribution is -2.18. The number of rotatable bonds is 5. The van der Waals surface area contributed by atoms with Crippen molar-refractivity contribution in [3.05, 3.63) is 56.9 Å². The van der Waals surface area contributed by atoms with E-state index in [0.29, 0.717) is 13.1 Å². The fourth-order valence-electron chi connectivity index (χ4n) is 1.94. The molecule has 5 heteroatoms. The molecule has 0 amide bonds. The lowest BCUT2D eigenvalue weighted by atomic mass is 10.2. The SMILES string of the molecule is CCCn1cc(NCc2cc(Br)ccc2O)ccc1=O. The molecule has 1 aromatic heterocycles. The van der Waals surface area contributed by atoms with Crippen LogP contribution in [0.3, 0.4) is 0 Å². The van der Waals surface area contributed by atoms with E-state index in [9.17, 15) is 9.90 Å². The number of phenolic OH excluding ortho intramolecular Hbond substituents is 1. The van der Waals surface area contributed by atoms with Gasteiger partial charge in [0.15, 0.2) is 0 Å². The monoisotopic (exact) mass is 336 g/mol. The smallest absolute Gasteiger partial charge is 0.250 e. The molecular weight excluding hydrogens is 320 g/mol. The quantitative estimate of drug-likeness (QED) is 0.880. The van der Waals surface area contributed by atoms with Crippen LogP contribution >= 0.6 is 15.9 Å². The number of anilines is 1. The Morgan fingerprint density at radius 1 is 1.30 bits per heavy atom. The predicted octanol–water partition coefficient (Wildman–Crippen LogP) is 3.34. The second kappa shape index (κ2) is 6.61. The number of pyridine rings is 1. The van der Waals surface area contributed by atoms with E-state index in [-0.39, 0.29) is 11.3 Å². The summed E-state index contributed by atoms with van der Waals surface area (Å²) in [6, 6.07) is 8.62. The largest absolute Gasteiger partial charge is 0.508 e. The number of aromatic nitrogens is 1. The van der Waals surface area contributed by atoms with Gasteiger partial charge in [-0.1, -0.05) is 22.9 Å². The van der Waals surface area contributed by atoms with Crippen molar-refractivity contribution in [2.24, 2.45) is 0 Å². The Morgan fingerprint density at radius 3 is 2.85 bits per heavy atom. The number of phenols is 1. The highest BCUT2D eigenvalue weighted by Gasteiger charge is 2.03. The Labute approximate surface area is 126 Å². The fraction of sp³-hybridized carbons (Fsp3) is 0.267. The number of halogens is 1.